The molecular weight excluding hydrogens is 1430 g/mol. The number of hydrogen-bond donors (Lipinski definition) is 12. The van der Waals surface area contributed by atoms with E-state index < -0.39 is 137 Å². The Kier molecular flexibility index (Phi) is 25.8. The van der Waals surface area contributed by atoms with Crippen LogP contribution in [0.2, 0.25) is 0 Å². The van der Waals surface area contributed by atoms with Crippen LogP contribution in [0.15, 0.2) is 157 Å². The van der Waals surface area contributed by atoms with E-state index in [0.29, 0.717) is 39.4 Å². The number of aromatic nitrogens is 7. The number of H-pyrrole nitrogens is 1. The van der Waals surface area contributed by atoms with Crippen LogP contribution < -0.4 is 57.3 Å². The van der Waals surface area contributed by atoms with Crippen LogP contribution in [-0.2, 0) is 75.4 Å². The fourth-order valence-electron chi connectivity index (χ4n) is 14.1. The number of carboxylic acids is 1. The number of fused-ring (bicyclic) bond motifs is 2. The van der Waals surface area contributed by atoms with Gasteiger partial charge in [0, 0.05) is 45.0 Å². The van der Waals surface area contributed by atoms with Crippen LogP contribution in [0.4, 0.5) is 0 Å². The highest BCUT2D eigenvalue weighted by molar-refractivity contribution is 5.98. The third kappa shape index (κ3) is 19.9. The molecule has 8 heterocycles. The van der Waals surface area contributed by atoms with E-state index in [1.165, 1.54) is 20.7 Å². The number of aliphatic carboxylic acids is 1. The summed E-state index contributed by atoms with van der Waals surface area (Å²) in [7, 11) is 3.24. The lowest BCUT2D eigenvalue weighted by molar-refractivity contribution is -0.145. The van der Waals surface area contributed by atoms with Gasteiger partial charge < -0.3 is 72.2 Å². The Morgan fingerprint density at radius 2 is 1.11 bits per heavy atom. The van der Waals surface area contributed by atoms with Gasteiger partial charge in [-0.15, -0.1) is 10.2 Å². The highest BCUT2D eigenvalue weighted by Gasteiger charge is 2.50. The Bertz CT molecular complexity index is 4750. The van der Waals surface area contributed by atoms with Crippen LogP contribution in [0.25, 0.3) is 21.5 Å². The van der Waals surface area contributed by atoms with Crippen LogP contribution >= 0.6 is 0 Å². The second-order valence-corrected chi connectivity index (χ2v) is 30.9. The van der Waals surface area contributed by atoms with Gasteiger partial charge in [-0.05, 0) is 130 Å². The van der Waals surface area contributed by atoms with Gasteiger partial charge in [-0.3, -0.25) is 38.4 Å². The number of nitrogens with one attached hydrogen (secondary N) is 11. The first-order valence-electron chi connectivity index (χ1n) is 37.4. The maximum atomic E-state index is 15.7. The van der Waals surface area contributed by atoms with Crippen molar-refractivity contribution in [1.82, 2.24) is 93.3 Å². The van der Waals surface area contributed by atoms with Crippen molar-refractivity contribution in [2.45, 2.75) is 173 Å². The minimum absolute atomic E-state index is 0.000800. The quantitative estimate of drug-likeness (QED) is 0.0625. The largest absolute Gasteiger partial charge is 0.487 e. The summed E-state index contributed by atoms with van der Waals surface area (Å²) in [5.41, 5.74) is 9.38. The van der Waals surface area contributed by atoms with E-state index in [1.807, 2.05) is 106 Å². The van der Waals surface area contributed by atoms with Crippen molar-refractivity contribution in [2.75, 3.05) is 33.8 Å². The van der Waals surface area contributed by atoms with E-state index >= 15 is 28.8 Å². The molecule has 0 aliphatic carbocycles. The number of likely N-dealkylation sites (N-methyl/N-ethyl adjacent to an activating group) is 2. The molecule has 2 fully saturated rings. The molecule has 590 valence electrons. The Labute approximate surface area is 648 Å². The normalized spacial score (nSPS) is 21.7. The number of nitrogens with zero attached hydrogens (tertiary/aromatic N) is 9. The Morgan fingerprint density at radius 3 is 1.62 bits per heavy atom. The van der Waals surface area contributed by atoms with E-state index in [4.69, 9.17) is 15.0 Å². The molecule has 6 aromatic carbocycles. The number of carboxylic acid groups (broad SMARTS) is 1. The molecule has 12 atom stereocenters. The molecule has 0 saturated carbocycles. The lowest BCUT2D eigenvalue weighted by atomic mass is 9.85. The van der Waals surface area contributed by atoms with Gasteiger partial charge in [0.15, 0.2) is 5.82 Å². The molecule has 6 bridgehead atoms. The highest BCUT2D eigenvalue weighted by Crippen LogP contribution is 2.34. The zero-order valence-electron chi connectivity index (χ0n) is 64.3. The molecule has 32 nitrogen and oxygen atoms in total. The van der Waals surface area contributed by atoms with Crippen LogP contribution in [0.5, 0.6) is 11.5 Å². The molecule has 0 spiro atoms. The molecule has 14 rings (SSSR count). The molecule has 2 saturated heterocycles. The van der Waals surface area contributed by atoms with Gasteiger partial charge in [0.1, 0.15) is 78.4 Å². The van der Waals surface area contributed by atoms with Crippen molar-refractivity contribution in [3.63, 3.8) is 0 Å². The zero-order chi connectivity index (χ0) is 80.1. The summed E-state index contributed by atoms with van der Waals surface area (Å²) in [6.45, 7) is 13.7. The summed E-state index contributed by atoms with van der Waals surface area (Å²) in [5, 5.41) is 68.4. The summed E-state index contributed by atoms with van der Waals surface area (Å²) in [6, 6.07) is 26.6. The van der Waals surface area contributed by atoms with Crippen molar-refractivity contribution < 1.29 is 57.7 Å². The number of carbonyl (C=O) groups excluding carboxylic acids is 8. The molecule has 1 unspecified atom stereocenters. The monoisotopic (exact) mass is 1530 g/mol. The molecule has 0 radical (unpaired) electrons. The van der Waals surface area contributed by atoms with Gasteiger partial charge in [0.05, 0.1) is 36.4 Å². The van der Waals surface area contributed by atoms with Gasteiger partial charge in [-0.2, -0.15) is 5.11 Å². The number of aromatic amines is 1. The number of hydrogen-bond acceptors (Lipinski definition) is 21. The van der Waals surface area contributed by atoms with E-state index in [0.717, 1.165) is 21.5 Å². The molecule has 2 aromatic heterocycles. The van der Waals surface area contributed by atoms with E-state index in [2.05, 4.69) is 83.9 Å². The number of benzene rings is 6. The predicted molar refractivity (Wildman–Crippen MR) is 413 cm³/mol. The first-order valence-corrected chi connectivity index (χ1v) is 37.4. The van der Waals surface area contributed by atoms with Gasteiger partial charge >= 0.3 is 5.97 Å². The van der Waals surface area contributed by atoms with Crippen LogP contribution in [0.3, 0.4) is 0 Å². The smallest absolute Gasteiger partial charge is 0.326 e. The van der Waals surface area contributed by atoms with Gasteiger partial charge in [0.25, 0.3) is 0 Å². The van der Waals surface area contributed by atoms with Gasteiger partial charge in [-0.25, -0.2) is 20.1 Å². The molecule has 8 aromatic rings. The molecule has 6 aliphatic heterocycles. The summed E-state index contributed by atoms with van der Waals surface area (Å²) in [4.78, 5) is 135. The SMILES string of the molecule is CN[C@@H](C)C(=O)N[C@H](C(=O)N1CCC2[C@H]1C(=O)N[C@@H](Cc1ccc3ccccc3c1)C(=O)N[C@H](c1nnn[nH]1)Cc1ccc(cc1)OCC(N=N)=CN[C@@H]1CCN(C(=O)[C@@H](NC(=O)[C@H](C)NC)C(C)(C)C)[C@@H]1C(=O)N[C@@H](Cc1ccc3ccccc3c1)C(=O)N[C@H](C(=O)O)Cc1ccc(cc1)OCc1cn2nn1)C(C)(C)C. The van der Waals surface area contributed by atoms with E-state index in [-0.39, 0.29) is 76.3 Å². The Balaban J connectivity index is 0.948. The second-order valence-electron chi connectivity index (χ2n) is 30.9. The van der Waals surface area contributed by atoms with Crippen molar-refractivity contribution in [1.29, 1.82) is 5.53 Å². The van der Waals surface area contributed by atoms with Crippen LogP contribution in [-0.4, -0.2) is 198 Å². The average Bonchev–Trinajstić information content (AvgIpc) is 1.63. The van der Waals surface area contributed by atoms with E-state index in [9.17, 15) is 19.5 Å². The zero-order valence-corrected chi connectivity index (χ0v) is 64.3. The minimum Gasteiger partial charge on any atom is -0.487 e. The maximum absolute atomic E-state index is 15.7. The lowest BCUT2D eigenvalue weighted by Gasteiger charge is -2.37. The van der Waals surface area contributed by atoms with Gasteiger partial charge in [0.2, 0.25) is 47.3 Å². The Hall–Kier alpha value is -12.1. The third-order valence-corrected chi connectivity index (χ3v) is 20.7. The average molecular weight is 1530 g/mol. The molecule has 112 heavy (non-hydrogen) atoms. The fourth-order valence-corrected chi connectivity index (χ4v) is 14.1. The summed E-state index contributed by atoms with van der Waals surface area (Å²) in [6.07, 6.45) is 3.08. The molecule has 32 heteroatoms. The highest BCUT2D eigenvalue weighted by atomic mass is 16.5. The maximum Gasteiger partial charge on any atom is 0.326 e. The lowest BCUT2D eigenvalue weighted by Crippen LogP contribution is -2.63. The minimum atomic E-state index is -1.54. The Morgan fingerprint density at radius 1 is 0.607 bits per heavy atom. The number of carbonyl (C=O) groups is 9. The number of ether oxygens (including phenoxy) is 2. The first kappa shape index (κ1) is 80.9. The summed E-state index contributed by atoms with van der Waals surface area (Å²) in [5.74, 6) is -5.49. The molecular formula is C80H98N20O12. The number of rotatable bonds is 15. The first-order chi connectivity index (χ1) is 53.5. The third-order valence-electron chi connectivity index (χ3n) is 20.7. The second kappa shape index (κ2) is 35.7. The summed E-state index contributed by atoms with van der Waals surface area (Å²) < 4.78 is 13.9. The van der Waals surface area contributed by atoms with Gasteiger partial charge in [-0.1, -0.05) is 156 Å². The van der Waals surface area contributed by atoms with Crippen LogP contribution in [0.1, 0.15) is 114 Å². The molecule has 6 aliphatic rings. The van der Waals surface area contributed by atoms with E-state index in [1.54, 1.807) is 103 Å². The van der Waals surface area contributed by atoms with Crippen molar-refractivity contribution in [3.8, 4) is 11.5 Å². The van der Waals surface area contributed by atoms with Crippen LogP contribution in [0, 0.1) is 16.4 Å². The number of tetrazole rings is 1. The van der Waals surface area contributed by atoms with Crippen molar-refractivity contribution in [2.24, 2.45) is 15.9 Å². The predicted octanol–water partition coefficient (Wildman–Crippen LogP) is 4.59. The number of likely N-dealkylation sites (tertiary alicyclic amines) is 2. The van der Waals surface area contributed by atoms with Crippen molar-refractivity contribution in [3.05, 3.63) is 185 Å². The standard InChI is InChI=1S/C80H98N20O12/c1-45(82-9)70(101)89-67(79(3,4)5)76(107)98-33-31-59-65(98)74(105)86-62(40-50-20-26-52-16-12-14-18-54(52)36-50)73(104)88-63(78(109)110)38-48-23-29-58(30-24-48)112-44-56-42-100(97-92-56)64-32-34-99(77(108)68(80(6,7)8)90-71(102)46(2)83-10)66(64)75(106)87-61(39-49-19-25-51-15-11-13-17-53(51)35-49)72(103)85-60(69-93-95-96-94-69)37-47-21-27-57(28-22-47)111-43-55(91-81)41-84-59/h11-30,35-36,41-42,45-46,59-68,81-84H,31-34,37-40,43-44H2,1-10H3,(H,85,103)(H,86,105)(H,87,106)(H,88,104)(H,89,101)(H,90,102)(H,109,110)(H,93,94,95,96)/t45-,46-,59+,60-,61-,62-,63-,64?,65-,66-,67+,68+/m0/s1. The van der Waals surface area contributed by atoms with Crippen molar-refractivity contribution >= 4 is 74.8 Å². The molecule has 8 amide bonds. The topological polar surface area (TPSA) is 428 Å². The number of amides is 8. The summed E-state index contributed by atoms with van der Waals surface area (Å²) >= 11 is 0. The fraction of sp³-hybridized carbons (Fsp3) is 0.425. The molecule has 12 N–H and O–H groups in total.